The number of hydrogen-bond acceptors (Lipinski definition) is 11. The van der Waals surface area contributed by atoms with Gasteiger partial charge in [0, 0.05) is 39.2 Å². The Morgan fingerprint density at radius 3 is 2.25 bits per heavy atom. The summed E-state index contributed by atoms with van der Waals surface area (Å²) in [5.41, 5.74) is 0.763. The molecule has 4 unspecified atom stereocenters. The van der Waals surface area contributed by atoms with Crippen LogP contribution in [0.1, 0.15) is 85.5 Å². The second kappa shape index (κ2) is 17.4. The minimum atomic E-state index is -0.594. The highest BCUT2D eigenvalue weighted by Crippen LogP contribution is 2.54. The van der Waals surface area contributed by atoms with E-state index in [0.29, 0.717) is 18.4 Å². The molecule has 17 atom stereocenters. The number of nitrogens with zero attached hydrogens (tertiary/aromatic N) is 1. The predicted octanol–water partition coefficient (Wildman–Crippen LogP) is 5.49. The molecule has 52 heavy (non-hydrogen) atoms. The van der Waals surface area contributed by atoms with Crippen LogP contribution in [0.15, 0.2) is 23.8 Å². The number of carbonyl (C=O) groups is 2. The first-order chi connectivity index (χ1) is 25.0. The van der Waals surface area contributed by atoms with Crippen LogP contribution >= 0.6 is 0 Å². The van der Waals surface area contributed by atoms with Crippen LogP contribution in [-0.2, 0) is 47.5 Å². The van der Waals surface area contributed by atoms with Crippen LogP contribution in [0.4, 0.5) is 0 Å². The average molecular weight is 732 g/mol. The van der Waals surface area contributed by atoms with Crippen LogP contribution in [0.3, 0.4) is 0 Å². The summed E-state index contributed by atoms with van der Waals surface area (Å²) in [7, 11) is 9.15. The lowest BCUT2D eigenvalue weighted by Crippen LogP contribution is -2.59. The Kier molecular flexibility index (Phi) is 13.4. The highest BCUT2D eigenvalue weighted by molar-refractivity contribution is 5.99. The van der Waals surface area contributed by atoms with Crippen LogP contribution in [0.5, 0.6) is 0 Å². The summed E-state index contributed by atoms with van der Waals surface area (Å²) in [6.07, 6.45) is 10.8. The van der Waals surface area contributed by atoms with Crippen molar-refractivity contribution in [2.24, 2.45) is 35.5 Å². The molecule has 0 aromatic rings. The number of ether oxygens (including phenoxy) is 8. The topological polar surface area (TPSA) is 111 Å². The van der Waals surface area contributed by atoms with Gasteiger partial charge in [-0.2, -0.15) is 0 Å². The third kappa shape index (κ3) is 8.27. The summed E-state index contributed by atoms with van der Waals surface area (Å²) in [4.78, 5) is 30.4. The van der Waals surface area contributed by atoms with Gasteiger partial charge in [-0.3, -0.25) is 9.59 Å². The van der Waals surface area contributed by atoms with E-state index in [1.165, 1.54) is 0 Å². The standard InChI is InChI=1S/C41H65NO10/c1-10-26-12-11-13-34(52-36-17-16-33(42(5)6)23(3)48-36)22(2)37(44)32-20-30-28(31(32)21-35(43)50-26)15-14-25-18-27(19-29(25)30)51-41-40(47-9)39(46-8)38(45-7)24(4)49-41/h14-15,20,22-31,33-34,36,38-41H,10-13,16-19,21H2,1-9H3/t22-,23-,24+,25?,26+,27-,28-,29?,30-,31+,33?,34?,36+,38+,39-,40-,41+/m1/s1. The Morgan fingerprint density at radius 2 is 1.58 bits per heavy atom. The molecule has 0 spiro atoms. The van der Waals surface area contributed by atoms with Gasteiger partial charge in [-0.1, -0.05) is 32.1 Å². The zero-order valence-corrected chi connectivity index (χ0v) is 32.9. The number of likely N-dealkylation sites (N-methyl/N-ethyl adjacent to an activating group) is 1. The molecule has 1 saturated carbocycles. The van der Waals surface area contributed by atoms with Gasteiger partial charge in [0.1, 0.15) is 24.4 Å². The van der Waals surface area contributed by atoms with Gasteiger partial charge in [-0.05, 0) is 109 Å². The summed E-state index contributed by atoms with van der Waals surface area (Å²) in [6, 6.07) is 0.339. The van der Waals surface area contributed by atoms with Crippen molar-refractivity contribution in [3.63, 3.8) is 0 Å². The Morgan fingerprint density at radius 1 is 0.827 bits per heavy atom. The predicted molar refractivity (Wildman–Crippen MR) is 194 cm³/mol. The molecule has 0 amide bonds. The smallest absolute Gasteiger partial charge is 0.306 e. The molecule has 0 aromatic heterocycles. The monoisotopic (exact) mass is 731 g/mol. The van der Waals surface area contributed by atoms with Gasteiger partial charge < -0.3 is 42.8 Å². The van der Waals surface area contributed by atoms with E-state index in [-0.39, 0.29) is 96.8 Å². The number of fused-ring (bicyclic) bond motifs is 5. The average Bonchev–Trinajstić information content (AvgIpc) is 3.70. The minimum Gasteiger partial charge on any atom is -0.462 e. The number of methoxy groups -OCH3 is 3. The molecule has 3 saturated heterocycles. The SMILES string of the molecule is CC[C@H]1CCCC(O[C@H]2CCC(N(C)C)[C@@H](C)O2)[C@@H](C)C(=O)C2=C[C@H]3C4C[C@H](O[C@@H]5O[C@@H](C)[C@H](OC)[C@@H](OC)[C@H]5OC)CC4C=C[C@H]3[C@@H]2CC(=O)O1. The minimum absolute atomic E-state index is 0.0380. The van der Waals surface area contributed by atoms with E-state index in [1.807, 2.05) is 13.8 Å². The van der Waals surface area contributed by atoms with E-state index in [9.17, 15) is 9.59 Å². The lowest BCUT2D eigenvalue weighted by Gasteiger charge is -2.44. The maximum absolute atomic E-state index is 14.7. The number of hydrogen-bond donors (Lipinski definition) is 0. The number of allylic oxidation sites excluding steroid dienone is 4. The number of carbonyl (C=O) groups excluding carboxylic acids is 2. The van der Waals surface area contributed by atoms with E-state index in [1.54, 1.807) is 21.3 Å². The van der Waals surface area contributed by atoms with Gasteiger partial charge in [0.25, 0.3) is 0 Å². The molecule has 3 aliphatic carbocycles. The molecule has 6 aliphatic rings. The molecular weight excluding hydrogens is 666 g/mol. The van der Waals surface area contributed by atoms with Gasteiger partial charge in [0.15, 0.2) is 18.4 Å². The lowest BCUT2D eigenvalue weighted by atomic mass is 9.70. The quantitative estimate of drug-likeness (QED) is 0.222. The molecule has 11 heteroatoms. The van der Waals surface area contributed by atoms with E-state index >= 15 is 0 Å². The fraction of sp³-hybridized carbons (Fsp3) is 0.854. The number of ketones is 1. The molecule has 3 aliphatic heterocycles. The molecule has 6 rings (SSSR count). The van der Waals surface area contributed by atoms with Gasteiger partial charge in [-0.15, -0.1) is 0 Å². The molecule has 0 radical (unpaired) electrons. The Labute approximate surface area is 311 Å². The third-order valence-corrected chi connectivity index (χ3v) is 13.3. The van der Waals surface area contributed by atoms with Gasteiger partial charge in [-0.25, -0.2) is 0 Å². The van der Waals surface area contributed by atoms with Crippen LogP contribution < -0.4 is 0 Å². The van der Waals surface area contributed by atoms with Crippen LogP contribution in [0.25, 0.3) is 0 Å². The maximum atomic E-state index is 14.7. The fourth-order valence-corrected chi connectivity index (χ4v) is 10.4. The molecular formula is C41H65NO10. The van der Waals surface area contributed by atoms with Crippen molar-refractivity contribution in [1.82, 2.24) is 4.90 Å². The molecule has 0 bridgehead atoms. The van der Waals surface area contributed by atoms with E-state index < -0.39 is 12.4 Å². The molecule has 11 nitrogen and oxygen atoms in total. The number of cyclic esters (lactones) is 1. The second-order valence-electron chi connectivity index (χ2n) is 16.5. The largest absolute Gasteiger partial charge is 0.462 e. The van der Waals surface area contributed by atoms with Crippen molar-refractivity contribution in [2.45, 2.75) is 153 Å². The van der Waals surface area contributed by atoms with Crippen molar-refractivity contribution < 1.29 is 47.5 Å². The summed E-state index contributed by atoms with van der Waals surface area (Å²) < 4.78 is 49.5. The molecule has 294 valence electrons. The van der Waals surface area contributed by atoms with Crippen molar-refractivity contribution in [3.8, 4) is 0 Å². The zero-order valence-electron chi connectivity index (χ0n) is 32.9. The summed E-state index contributed by atoms with van der Waals surface area (Å²) in [5.74, 6) is 0.0198. The highest BCUT2D eigenvalue weighted by Gasteiger charge is 2.52. The fourth-order valence-electron chi connectivity index (χ4n) is 10.4. The van der Waals surface area contributed by atoms with Crippen molar-refractivity contribution in [3.05, 3.63) is 23.8 Å². The summed E-state index contributed by atoms with van der Waals surface area (Å²) in [6.45, 7) is 8.17. The summed E-state index contributed by atoms with van der Waals surface area (Å²) in [5, 5.41) is 0. The number of Topliss-reactive ketones (excluding diaryl/α,β-unsaturated/α-hetero) is 1. The normalized spacial score (nSPS) is 45.7. The second-order valence-corrected chi connectivity index (χ2v) is 16.5. The van der Waals surface area contributed by atoms with Gasteiger partial charge in [0.05, 0.1) is 30.8 Å². The Hall–Kier alpha value is -1.70. The van der Waals surface area contributed by atoms with Crippen LogP contribution in [0, 0.1) is 35.5 Å². The highest BCUT2D eigenvalue weighted by atomic mass is 16.7. The van der Waals surface area contributed by atoms with Crippen molar-refractivity contribution >= 4 is 11.8 Å². The molecule has 4 fully saturated rings. The first-order valence-electron chi connectivity index (χ1n) is 20.0. The van der Waals surface area contributed by atoms with Gasteiger partial charge in [0.2, 0.25) is 0 Å². The number of esters is 1. The maximum Gasteiger partial charge on any atom is 0.306 e. The Bertz CT molecular complexity index is 1290. The molecule has 3 heterocycles. The van der Waals surface area contributed by atoms with Crippen LogP contribution in [0.2, 0.25) is 0 Å². The summed E-state index contributed by atoms with van der Waals surface area (Å²) >= 11 is 0. The van der Waals surface area contributed by atoms with E-state index in [2.05, 4.69) is 51.1 Å². The molecule has 0 aromatic carbocycles. The van der Waals surface area contributed by atoms with E-state index in [4.69, 9.17) is 37.9 Å². The van der Waals surface area contributed by atoms with E-state index in [0.717, 1.165) is 50.5 Å². The lowest BCUT2D eigenvalue weighted by molar-refractivity contribution is -0.314. The van der Waals surface area contributed by atoms with Crippen molar-refractivity contribution in [1.29, 1.82) is 0 Å². The first-order valence-corrected chi connectivity index (χ1v) is 20.0. The first kappa shape index (κ1) is 40.0. The Balaban J connectivity index is 1.20. The van der Waals surface area contributed by atoms with Crippen molar-refractivity contribution in [2.75, 3.05) is 35.4 Å². The van der Waals surface area contributed by atoms with Gasteiger partial charge >= 0.3 is 5.97 Å². The zero-order chi connectivity index (χ0) is 37.3. The molecule has 0 N–H and O–H groups in total. The third-order valence-electron chi connectivity index (χ3n) is 13.3. The number of rotatable bonds is 9. The van der Waals surface area contributed by atoms with Crippen LogP contribution in [-0.4, -0.2) is 120 Å².